The van der Waals surface area contributed by atoms with E-state index in [-0.39, 0.29) is 24.0 Å². The van der Waals surface area contributed by atoms with Gasteiger partial charge >= 0.3 is 0 Å². The lowest BCUT2D eigenvalue weighted by Gasteiger charge is -1.99. The van der Waals surface area contributed by atoms with Gasteiger partial charge in [-0.25, -0.2) is 9.97 Å². The molecule has 0 bridgehead atoms. The summed E-state index contributed by atoms with van der Waals surface area (Å²) in [5.41, 5.74) is 5.34. The summed E-state index contributed by atoms with van der Waals surface area (Å²) in [6.45, 7) is 0. The number of anilines is 1. The molecule has 60 valence electrons. The van der Waals surface area contributed by atoms with Crippen molar-refractivity contribution in [3.63, 3.8) is 0 Å². The van der Waals surface area contributed by atoms with Gasteiger partial charge in [0.25, 0.3) is 0 Å². The van der Waals surface area contributed by atoms with E-state index in [2.05, 4.69) is 15.0 Å². The molecule has 12 heavy (non-hydrogen) atoms. The molecule has 0 aliphatic carbocycles. The molecular weight excluding hydrogens is 154 g/mol. The van der Waals surface area contributed by atoms with Gasteiger partial charge in [-0.3, -0.25) is 4.57 Å². The number of hydrogen-bond acceptors (Lipinski definition) is 4. The molecule has 5 heteroatoms. The zero-order valence-electron chi connectivity index (χ0n) is 10.9. The van der Waals surface area contributed by atoms with Crippen LogP contribution in [-0.2, 0) is 0 Å². The second kappa shape index (κ2) is 2.61. The molecule has 2 rings (SSSR count). The average molecular weight is 166 g/mol. The number of nitrogens with zero attached hydrogens (tertiary/aromatic N) is 4. The standard InChI is InChI=1S/C7H7N5/c8-7-10-2-1-6(11-7)12-4-3-9-5-12/h1-5H,(H2,8,10,11)/i1D,2D,3D,4D,5D. The van der Waals surface area contributed by atoms with E-state index in [0.717, 1.165) is 4.57 Å². The molecule has 2 aromatic rings. The monoisotopic (exact) mass is 166 g/mol. The Balaban J connectivity index is 2.76. The molecule has 0 saturated heterocycles. The van der Waals surface area contributed by atoms with Crippen molar-refractivity contribution in [3.8, 4) is 5.82 Å². The zero-order valence-corrected chi connectivity index (χ0v) is 5.87. The molecule has 2 N–H and O–H groups in total. The topological polar surface area (TPSA) is 69.6 Å². The highest BCUT2D eigenvalue weighted by Gasteiger charge is 1.96. The van der Waals surface area contributed by atoms with Crippen LogP contribution in [-0.4, -0.2) is 19.5 Å². The van der Waals surface area contributed by atoms with Crippen LogP contribution in [0, 0.1) is 0 Å². The van der Waals surface area contributed by atoms with Gasteiger partial charge in [0.1, 0.15) is 13.5 Å². The predicted octanol–water partition coefficient (Wildman–Crippen LogP) is 0.245. The van der Waals surface area contributed by atoms with Gasteiger partial charge in [-0.2, -0.15) is 4.98 Å². The smallest absolute Gasteiger partial charge is 0.221 e. The summed E-state index contributed by atoms with van der Waals surface area (Å²) in [4.78, 5) is 10.6. The third-order valence-electron chi connectivity index (χ3n) is 1.14. The first-order valence-corrected chi connectivity index (χ1v) is 3.05. The molecule has 0 radical (unpaired) electrons. The molecule has 0 saturated carbocycles. The first-order valence-electron chi connectivity index (χ1n) is 5.55. The highest BCUT2D eigenvalue weighted by molar-refractivity contribution is 5.27. The molecule has 0 atom stereocenters. The fourth-order valence-electron chi connectivity index (χ4n) is 0.678. The number of hydrogen-bond donors (Lipinski definition) is 1. The molecule has 0 fully saturated rings. The number of nitrogen functional groups attached to an aromatic ring is 1. The van der Waals surface area contributed by atoms with Gasteiger partial charge in [-0.15, -0.1) is 0 Å². The van der Waals surface area contributed by atoms with Crippen LogP contribution in [0.1, 0.15) is 6.85 Å². The van der Waals surface area contributed by atoms with E-state index < -0.39 is 18.6 Å². The fraction of sp³-hybridized carbons (Fsp3) is 0. The van der Waals surface area contributed by atoms with Crippen LogP contribution in [0.15, 0.2) is 30.9 Å². The lowest BCUT2D eigenvalue weighted by molar-refractivity contribution is 0.978. The minimum absolute atomic E-state index is 0.191. The minimum Gasteiger partial charge on any atom is -0.368 e. The number of nitrogens with two attached hydrogens (primary N) is 1. The van der Waals surface area contributed by atoms with Crippen molar-refractivity contribution >= 4 is 5.95 Å². The maximum atomic E-state index is 7.59. The van der Waals surface area contributed by atoms with E-state index in [1.807, 2.05) is 0 Å². The first kappa shape index (κ1) is 3.22. The van der Waals surface area contributed by atoms with E-state index >= 15 is 0 Å². The highest BCUT2D eigenvalue weighted by Crippen LogP contribution is 2.02. The van der Waals surface area contributed by atoms with Gasteiger partial charge in [0.15, 0.2) is 0 Å². The van der Waals surface area contributed by atoms with Crippen molar-refractivity contribution in [2.75, 3.05) is 5.73 Å². The molecule has 0 amide bonds. The summed E-state index contributed by atoms with van der Waals surface area (Å²) in [5.74, 6) is -0.427. The third-order valence-corrected chi connectivity index (χ3v) is 1.14. The van der Waals surface area contributed by atoms with Crippen molar-refractivity contribution in [2.24, 2.45) is 0 Å². The molecule has 0 spiro atoms. The Morgan fingerprint density at radius 3 is 3.17 bits per heavy atom. The Morgan fingerprint density at radius 1 is 1.50 bits per heavy atom. The van der Waals surface area contributed by atoms with Crippen LogP contribution < -0.4 is 5.73 Å². The summed E-state index contributed by atoms with van der Waals surface area (Å²) in [6.07, 6.45) is -1.61. The highest BCUT2D eigenvalue weighted by atomic mass is 15.1. The summed E-state index contributed by atoms with van der Waals surface area (Å²) >= 11 is 0. The summed E-state index contributed by atoms with van der Waals surface area (Å²) < 4.78 is 38.1. The zero-order chi connectivity index (χ0) is 12.7. The Hall–Kier alpha value is -1.91. The van der Waals surface area contributed by atoms with Crippen LogP contribution in [0.25, 0.3) is 5.82 Å². The number of aromatic nitrogens is 4. The molecule has 0 aromatic carbocycles. The Bertz CT molecular complexity index is 595. The maximum absolute atomic E-state index is 7.59. The fourth-order valence-corrected chi connectivity index (χ4v) is 0.678. The number of imidazole rings is 1. The maximum Gasteiger partial charge on any atom is 0.221 e. The molecular formula is C7H7N5. The summed E-state index contributed by atoms with van der Waals surface area (Å²) in [6, 6.07) is -0.376. The lowest BCUT2D eigenvalue weighted by atomic mass is 10.6. The van der Waals surface area contributed by atoms with Crippen LogP contribution >= 0.6 is 0 Å². The van der Waals surface area contributed by atoms with Crippen LogP contribution in [0.3, 0.4) is 0 Å². The van der Waals surface area contributed by atoms with Crippen LogP contribution in [0.4, 0.5) is 5.95 Å². The van der Waals surface area contributed by atoms with Crippen LogP contribution in [0.5, 0.6) is 0 Å². The Kier molecular flexibility index (Phi) is 0.701. The van der Waals surface area contributed by atoms with E-state index in [0.29, 0.717) is 0 Å². The predicted molar refractivity (Wildman–Crippen MR) is 43.6 cm³/mol. The SMILES string of the molecule is [2H]c1nc(N)nc(-n2c([2H])nc([2H])c2[2H])c1[2H]. The van der Waals surface area contributed by atoms with E-state index in [1.165, 1.54) is 0 Å². The second-order valence-corrected chi connectivity index (χ2v) is 1.91. The van der Waals surface area contributed by atoms with Crippen molar-refractivity contribution in [1.82, 2.24) is 19.5 Å². The second-order valence-electron chi connectivity index (χ2n) is 1.91. The van der Waals surface area contributed by atoms with Gasteiger partial charge in [0.2, 0.25) is 5.95 Å². The molecule has 2 aromatic heterocycles. The van der Waals surface area contributed by atoms with Crippen LogP contribution in [0.2, 0.25) is 0 Å². The Labute approximate surface area is 75.9 Å². The van der Waals surface area contributed by atoms with E-state index in [9.17, 15) is 0 Å². The molecule has 2 heterocycles. The van der Waals surface area contributed by atoms with E-state index in [1.54, 1.807) is 0 Å². The molecule has 5 nitrogen and oxygen atoms in total. The van der Waals surface area contributed by atoms with Crippen molar-refractivity contribution in [3.05, 3.63) is 30.9 Å². The lowest BCUT2D eigenvalue weighted by Crippen LogP contribution is -1.99. The minimum atomic E-state index is -0.411. The van der Waals surface area contributed by atoms with Crippen molar-refractivity contribution in [2.45, 2.75) is 0 Å². The average Bonchev–Trinajstić information content (AvgIpc) is 2.48. The summed E-state index contributed by atoms with van der Waals surface area (Å²) in [5, 5.41) is 0. The molecule has 0 unspecified atom stereocenters. The molecule has 0 aliphatic rings. The molecule has 0 aliphatic heterocycles. The van der Waals surface area contributed by atoms with Gasteiger partial charge in [-0.05, 0) is 6.04 Å². The summed E-state index contributed by atoms with van der Waals surface area (Å²) in [7, 11) is 0. The van der Waals surface area contributed by atoms with Crippen molar-refractivity contribution < 1.29 is 6.85 Å². The first-order chi connectivity index (χ1) is 7.91. The number of rotatable bonds is 1. The van der Waals surface area contributed by atoms with Gasteiger partial charge < -0.3 is 5.73 Å². The third kappa shape index (κ3) is 1.12. The van der Waals surface area contributed by atoms with Gasteiger partial charge in [0, 0.05) is 18.5 Å². The van der Waals surface area contributed by atoms with Gasteiger partial charge in [0.05, 0.1) is 5.48 Å². The largest absolute Gasteiger partial charge is 0.368 e. The Morgan fingerprint density at radius 2 is 2.42 bits per heavy atom. The quantitative estimate of drug-likeness (QED) is 0.659. The normalized spacial score (nSPS) is 15.8. The van der Waals surface area contributed by atoms with E-state index in [4.69, 9.17) is 12.6 Å². The van der Waals surface area contributed by atoms with Gasteiger partial charge in [-0.1, -0.05) is 0 Å². The van der Waals surface area contributed by atoms with Crippen molar-refractivity contribution in [1.29, 1.82) is 0 Å².